The van der Waals surface area contributed by atoms with Gasteiger partial charge in [0.05, 0.1) is 30.8 Å². The number of aliphatic hydroxyl groups excluding tert-OH is 1. The van der Waals surface area contributed by atoms with Gasteiger partial charge in [-0.2, -0.15) is 0 Å². The second-order valence-electron chi connectivity index (χ2n) is 6.63. The first kappa shape index (κ1) is 15.5. The van der Waals surface area contributed by atoms with Crippen LogP contribution in [0.1, 0.15) is 19.3 Å². The summed E-state index contributed by atoms with van der Waals surface area (Å²) in [6.07, 6.45) is 6.27. The van der Waals surface area contributed by atoms with Gasteiger partial charge in [0, 0.05) is 30.7 Å². The summed E-state index contributed by atoms with van der Waals surface area (Å²) in [6.45, 7) is 2.25. The normalized spacial score (nSPS) is 27.4. The van der Waals surface area contributed by atoms with Crippen LogP contribution in [0.15, 0.2) is 42.7 Å². The van der Waals surface area contributed by atoms with Crippen molar-refractivity contribution in [2.45, 2.75) is 31.4 Å². The molecule has 24 heavy (non-hydrogen) atoms. The number of benzene rings is 1. The van der Waals surface area contributed by atoms with Gasteiger partial charge >= 0.3 is 0 Å². The topological polar surface area (TPSA) is 58.5 Å². The van der Waals surface area contributed by atoms with Gasteiger partial charge in [-0.05, 0) is 19.3 Å². The van der Waals surface area contributed by atoms with Crippen LogP contribution in [0.4, 0.5) is 5.82 Å². The van der Waals surface area contributed by atoms with E-state index in [4.69, 9.17) is 9.72 Å². The molecule has 1 N–H and O–H groups in total. The van der Waals surface area contributed by atoms with E-state index >= 15 is 0 Å². The van der Waals surface area contributed by atoms with Gasteiger partial charge < -0.3 is 14.7 Å². The third kappa shape index (κ3) is 3.01. The Bertz CT molecular complexity index is 679. The second-order valence-corrected chi connectivity index (χ2v) is 6.63. The zero-order chi connectivity index (χ0) is 16.4. The van der Waals surface area contributed by atoms with Crippen molar-refractivity contribution in [2.24, 2.45) is 5.92 Å². The smallest absolute Gasteiger partial charge is 0.148 e. The molecule has 0 spiro atoms. The van der Waals surface area contributed by atoms with Crippen molar-refractivity contribution in [2.75, 3.05) is 24.7 Å². The van der Waals surface area contributed by atoms with Gasteiger partial charge in [-0.25, -0.2) is 4.98 Å². The van der Waals surface area contributed by atoms with E-state index in [9.17, 15) is 5.11 Å². The number of hydrogen-bond acceptors (Lipinski definition) is 5. The molecule has 3 atom stereocenters. The molecule has 2 fully saturated rings. The SMILES string of the molecule is O[C@@H]1CCOC[C@H]1[C@H]1CCCN1c1cncc(-c2ccccc2)n1. The Balaban J connectivity index is 1.60. The van der Waals surface area contributed by atoms with Crippen LogP contribution in [-0.2, 0) is 4.74 Å². The predicted octanol–water partition coefficient (Wildman–Crippen LogP) is 2.51. The minimum absolute atomic E-state index is 0.156. The summed E-state index contributed by atoms with van der Waals surface area (Å²) < 4.78 is 5.62. The van der Waals surface area contributed by atoms with E-state index in [1.807, 2.05) is 42.7 Å². The minimum atomic E-state index is -0.283. The average Bonchev–Trinajstić information content (AvgIpc) is 3.12. The summed E-state index contributed by atoms with van der Waals surface area (Å²) in [5.41, 5.74) is 1.96. The molecule has 0 aliphatic carbocycles. The monoisotopic (exact) mass is 325 g/mol. The maximum atomic E-state index is 10.4. The van der Waals surface area contributed by atoms with Crippen molar-refractivity contribution in [3.05, 3.63) is 42.7 Å². The molecule has 0 saturated carbocycles. The fraction of sp³-hybridized carbons (Fsp3) is 0.474. The maximum Gasteiger partial charge on any atom is 0.148 e. The Morgan fingerprint density at radius 1 is 1.12 bits per heavy atom. The largest absolute Gasteiger partial charge is 0.393 e. The number of anilines is 1. The number of rotatable bonds is 3. The van der Waals surface area contributed by atoms with E-state index < -0.39 is 0 Å². The summed E-state index contributed by atoms with van der Waals surface area (Å²) in [4.78, 5) is 11.5. The highest BCUT2D eigenvalue weighted by molar-refractivity contribution is 5.60. The lowest BCUT2D eigenvalue weighted by atomic mass is 9.89. The maximum absolute atomic E-state index is 10.4. The lowest BCUT2D eigenvalue weighted by molar-refractivity contribution is -0.0438. The lowest BCUT2D eigenvalue weighted by Crippen LogP contribution is -2.46. The Labute approximate surface area is 142 Å². The number of ether oxygens (including phenoxy) is 1. The van der Waals surface area contributed by atoms with Crippen LogP contribution in [0.5, 0.6) is 0 Å². The molecule has 126 valence electrons. The Kier molecular flexibility index (Phi) is 4.45. The summed E-state index contributed by atoms with van der Waals surface area (Å²) in [5, 5.41) is 10.4. The van der Waals surface area contributed by atoms with Crippen LogP contribution in [0.2, 0.25) is 0 Å². The van der Waals surface area contributed by atoms with Gasteiger partial charge in [0.2, 0.25) is 0 Å². The summed E-state index contributed by atoms with van der Waals surface area (Å²) in [5.74, 6) is 1.06. The molecule has 4 rings (SSSR count). The third-order valence-electron chi connectivity index (χ3n) is 5.14. The van der Waals surface area contributed by atoms with E-state index in [-0.39, 0.29) is 18.1 Å². The number of aliphatic hydroxyl groups is 1. The molecule has 0 amide bonds. The molecule has 1 aromatic heterocycles. The van der Waals surface area contributed by atoms with Gasteiger partial charge in [-0.1, -0.05) is 30.3 Å². The third-order valence-corrected chi connectivity index (χ3v) is 5.14. The average molecular weight is 325 g/mol. The highest BCUT2D eigenvalue weighted by Gasteiger charge is 2.38. The molecule has 2 aromatic rings. The predicted molar refractivity (Wildman–Crippen MR) is 92.8 cm³/mol. The molecule has 5 nitrogen and oxygen atoms in total. The first-order chi connectivity index (χ1) is 11.8. The van der Waals surface area contributed by atoms with Gasteiger partial charge in [0.1, 0.15) is 5.82 Å². The summed E-state index contributed by atoms with van der Waals surface area (Å²) in [7, 11) is 0. The highest BCUT2D eigenvalue weighted by atomic mass is 16.5. The number of hydrogen-bond donors (Lipinski definition) is 1. The van der Waals surface area contributed by atoms with Gasteiger partial charge in [0.15, 0.2) is 0 Å². The quantitative estimate of drug-likeness (QED) is 0.940. The fourth-order valence-electron chi connectivity index (χ4n) is 3.88. The van der Waals surface area contributed by atoms with Crippen molar-refractivity contribution in [1.82, 2.24) is 9.97 Å². The molecule has 2 aliphatic heterocycles. The molecule has 2 aliphatic rings. The minimum Gasteiger partial charge on any atom is -0.393 e. The molecule has 5 heteroatoms. The van der Waals surface area contributed by atoms with E-state index in [2.05, 4.69) is 9.88 Å². The van der Waals surface area contributed by atoms with Gasteiger partial charge in [-0.3, -0.25) is 4.98 Å². The van der Waals surface area contributed by atoms with Gasteiger partial charge in [0.25, 0.3) is 0 Å². The zero-order valence-electron chi connectivity index (χ0n) is 13.7. The summed E-state index contributed by atoms with van der Waals surface area (Å²) >= 11 is 0. The molecular weight excluding hydrogens is 302 g/mol. The van der Waals surface area contributed by atoms with Crippen molar-refractivity contribution in [3.8, 4) is 11.3 Å². The van der Waals surface area contributed by atoms with Gasteiger partial charge in [-0.15, -0.1) is 0 Å². The molecule has 1 aromatic carbocycles. The van der Waals surface area contributed by atoms with Crippen LogP contribution in [0, 0.1) is 5.92 Å². The molecule has 0 unspecified atom stereocenters. The van der Waals surface area contributed by atoms with Crippen molar-refractivity contribution >= 4 is 5.82 Å². The van der Waals surface area contributed by atoms with Crippen molar-refractivity contribution in [3.63, 3.8) is 0 Å². The molecule has 0 bridgehead atoms. The first-order valence-corrected chi connectivity index (χ1v) is 8.73. The molecule has 2 saturated heterocycles. The first-order valence-electron chi connectivity index (χ1n) is 8.73. The van der Waals surface area contributed by atoms with E-state index in [1.165, 1.54) is 0 Å². The Morgan fingerprint density at radius 3 is 2.83 bits per heavy atom. The van der Waals surface area contributed by atoms with E-state index in [0.717, 1.165) is 42.9 Å². The fourth-order valence-corrected chi connectivity index (χ4v) is 3.88. The van der Waals surface area contributed by atoms with Crippen LogP contribution < -0.4 is 4.90 Å². The zero-order valence-corrected chi connectivity index (χ0v) is 13.7. The van der Waals surface area contributed by atoms with E-state index in [1.54, 1.807) is 0 Å². The number of nitrogens with zero attached hydrogens (tertiary/aromatic N) is 3. The van der Waals surface area contributed by atoms with Crippen molar-refractivity contribution in [1.29, 1.82) is 0 Å². The standard InChI is InChI=1S/C19H23N3O2/c23-18-8-10-24-13-15(18)17-7-4-9-22(17)19-12-20-11-16(21-19)14-5-2-1-3-6-14/h1-3,5-6,11-12,15,17-18,23H,4,7-10,13H2/t15-,17+,18+/m0/s1. The Morgan fingerprint density at radius 2 is 2.00 bits per heavy atom. The lowest BCUT2D eigenvalue weighted by Gasteiger charge is -2.37. The molecular formula is C19H23N3O2. The second kappa shape index (κ2) is 6.87. The van der Waals surface area contributed by atoms with Crippen LogP contribution in [0.25, 0.3) is 11.3 Å². The number of aromatic nitrogens is 2. The van der Waals surface area contributed by atoms with E-state index in [0.29, 0.717) is 13.2 Å². The van der Waals surface area contributed by atoms with Crippen LogP contribution >= 0.6 is 0 Å². The Hall–Kier alpha value is -1.98. The van der Waals surface area contributed by atoms with Crippen LogP contribution in [0.3, 0.4) is 0 Å². The molecule has 0 radical (unpaired) electrons. The van der Waals surface area contributed by atoms with Crippen LogP contribution in [-0.4, -0.2) is 47.0 Å². The van der Waals surface area contributed by atoms with Crippen molar-refractivity contribution < 1.29 is 9.84 Å². The molecule has 3 heterocycles. The highest BCUT2D eigenvalue weighted by Crippen LogP contribution is 2.33. The summed E-state index contributed by atoms with van der Waals surface area (Å²) in [6, 6.07) is 10.4.